The van der Waals surface area contributed by atoms with Gasteiger partial charge in [-0.3, -0.25) is 9.59 Å². The van der Waals surface area contributed by atoms with E-state index in [1.807, 2.05) is 0 Å². The average molecular weight is 366 g/mol. The monoisotopic (exact) mass is 365 g/mol. The summed E-state index contributed by atoms with van der Waals surface area (Å²) in [5.74, 6) is -0.299. The number of nitrogens with one attached hydrogen (secondary N) is 2. The lowest BCUT2D eigenvalue weighted by Gasteiger charge is -2.26. The Morgan fingerprint density at radius 1 is 1.32 bits per heavy atom. The minimum Gasteiger partial charge on any atom is -0.491 e. The number of ether oxygens (including phenoxy) is 1. The first-order chi connectivity index (χ1) is 12.1. The number of anilines is 1. The molecule has 136 valence electrons. The number of amides is 2. The van der Waals surface area contributed by atoms with Crippen LogP contribution in [0.2, 0.25) is 5.02 Å². The number of piperidine rings is 1. The molecule has 2 heterocycles. The van der Waals surface area contributed by atoms with E-state index in [1.54, 1.807) is 18.2 Å². The minimum absolute atomic E-state index is 0.119. The second-order valence-corrected chi connectivity index (χ2v) is 7.03. The highest BCUT2D eigenvalue weighted by atomic mass is 35.5. The molecule has 1 unspecified atom stereocenters. The van der Waals surface area contributed by atoms with Gasteiger partial charge in [0.05, 0.1) is 11.6 Å². The summed E-state index contributed by atoms with van der Waals surface area (Å²) < 4.78 is 5.66. The lowest BCUT2D eigenvalue weighted by atomic mass is 10.1. The summed E-state index contributed by atoms with van der Waals surface area (Å²) in [6.07, 6.45) is 3.89. The maximum absolute atomic E-state index is 12.3. The number of carbonyl (C=O) groups is 2. The van der Waals surface area contributed by atoms with E-state index >= 15 is 0 Å². The zero-order chi connectivity index (χ0) is 17.6. The lowest BCUT2D eigenvalue weighted by Crippen LogP contribution is -2.39. The van der Waals surface area contributed by atoms with Crippen molar-refractivity contribution < 1.29 is 14.3 Å². The van der Waals surface area contributed by atoms with Gasteiger partial charge in [0.1, 0.15) is 12.4 Å². The van der Waals surface area contributed by atoms with Gasteiger partial charge in [-0.25, -0.2) is 0 Å². The minimum atomic E-state index is -0.513. The molecule has 1 fully saturated rings. The summed E-state index contributed by atoms with van der Waals surface area (Å²) in [6.45, 7) is 3.86. The van der Waals surface area contributed by atoms with Gasteiger partial charge in [-0.1, -0.05) is 18.0 Å². The van der Waals surface area contributed by atoms with Crippen LogP contribution in [-0.4, -0.2) is 49.5 Å². The van der Waals surface area contributed by atoms with Gasteiger partial charge in [-0.05, 0) is 38.1 Å². The normalized spacial score (nSPS) is 20.8. The molecule has 25 heavy (non-hydrogen) atoms. The number of halogens is 1. The topological polar surface area (TPSA) is 70.7 Å². The second-order valence-electron chi connectivity index (χ2n) is 6.59. The number of rotatable bonds is 5. The molecule has 0 aliphatic carbocycles. The SMILES string of the molecule is O=C(CC1COc2cc(Cl)ccc2NC1=O)NCCN1CCCCC1. The quantitative estimate of drug-likeness (QED) is 0.839. The van der Waals surface area contributed by atoms with Crippen molar-refractivity contribution >= 4 is 29.1 Å². The number of hydrogen-bond acceptors (Lipinski definition) is 4. The van der Waals surface area contributed by atoms with Crippen LogP contribution in [0.4, 0.5) is 5.69 Å². The summed E-state index contributed by atoms with van der Waals surface area (Å²) in [7, 11) is 0. The Morgan fingerprint density at radius 2 is 2.12 bits per heavy atom. The molecular formula is C18H24ClN3O3. The zero-order valence-electron chi connectivity index (χ0n) is 14.2. The van der Waals surface area contributed by atoms with Gasteiger partial charge in [0.2, 0.25) is 11.8 Å². The van der Waals surface area contributed by atoms with Crippen LogP contribution in [0.25, 0.3) is 0 Å². The van der Waals surface area contributed by atoms with Crippen molar-refractivity contribution in [1.29, 1.82) is 0 Å². The van der Waals surface area contributed by atoms with Gasteiger partial charge in [-0.15, -0.1) is 0 Å². The van der Waals surface area contributed by atoms with Crippen LogP contribution in [-0.2, 0) is 9.59 Å². The summed E-state index contributed by atoms with van der Waals surface area (Å²) in [5.41, 5.74) is 0.586. The fourth-order valence-electron chi connectivity index (χ4n) is 3.20. The van der Waals surface area contributed by atoms with Crippen LogP contribution in [0.15, 0.2) is 18.2 Å². The molecule has 0 spiro atoms. The van der Waals surface area contributed by atoms with E-state index < -0.39 is 5.92 Å². The molecule has 0 radical (unpaired) electrons. The summed E-state index contributed by atoms with van der Waals surface area (Å²) in [4.78, 5) is 26.8. The molecule has 2 N–H and O–H groups in total. The van der Waals surface area contributed by atoms with E-state index in [2.05, 4.69) is 15.5 Å². The highest BCUT2D eigenvalue weighted by Crippen LogP contribution is 2.31. The largest absolute Gasteiger partial charge is 0.491 e. The van der Waals surface area contributed by atoms with Crippen LogP contribution in [0, 0.1) is 5.92 Å². The van der Waals surface area contributed by atoms with Crippen LogP contribution in [0.1, 0.15) is 25.7 Å². The molecule has 2 aliphatic heterocycles. The molecule has 2 aliphatic rings. The molecule has 7 heteroatoms. The molecule has 3 rings (SSSR count). The van der Waals surface area contributed by atoms with E-state index in [-0.39, 0.29) is 24.8 Å². The van der Waals surface area contributed by atoms with Gasteiger partial charge in [0.15, 0.2) is 0 Å². The van der Waals surface area contributed by atoms with E-state index in [4.69, 9.17) is 16.3 Å². The van der Waals surface area contributed by atoms with Crippen LogP contribution < -0.4 is 15.4 Å². The van der Waals surface area contributed by atoms with Crippen LogP contribution >= 0.6 is 11.6 Å². The predicted octanol–water partition coefficient (Wildman–Crippen LogP) is 2.28. The third-order valence-corrected chi connectivity index (χ3v) is 4.88. The molecule has 6 nitrogen and oxygen atoms in total. The van der Waals surface area contributed by atoms with E-state index in [9.17, 15) is 9.59 Å². The first kappa shape index (κ1) is 18.0. The van der Waals surface area contributed by atoms with Crippen molar-refractivity contribution in [3.05, 3.63) is 23.2 Å². The third kappa shape index (κ3) is 5.09. The van der Waals surface area contributed by atoms with Crippen molar-refractivity contribution in [1.82, 2.24) is 10.2 Å². The molecule has 1 aromatic rings. The first-order valence-corrected chi connectivity index (χ1v) is 9.22. The van der Waals surface area contributed by atoms with Gasteiger partial charge in [0, 0.05) is 30.6 Å². The molecule has 2 amide bonds. The van der Waals surface area contributed by atoms with Crippen molar-refractivity contribution in [3.63, 3.8) is 0 Å². The van der Waals surface area contributed by atoms with Gasteiger partial charge >= 0.3 is 0 Å². The number of fused-ring (bicyclic) bond motifs is 1. The number of hydrogen-bond donors (Lipinski definition) is 2. The van der Waals surface area contributed by atoms with Crippen LogP contribution in [0.3, 0.4) is 0 Å². The Hall–Kier alpha value is -1.79. The molecular weight excluding hydrogens is 342 g/mol. The van der Waals surface area contributed by atoms with Gasteiger partial charge < -0.3 is 20.3 Å². The first-order valence-electron chi connectivity index (χ1n) is 8.84. The molecule has 0 aromatic heterocycles. The van der Waals surface area contributed by atoms with Gasteiger partial charge in [-0.2, -0.15) is 0 Å². The van der Waals surface area contributed by atoms with E-state index in [0.29, 0.717) is 23.0 Å². The van der Waals surface area contributed by atoms with E-state index in [1.165, 1.54) is 19.3 Å². The number of benzene rings is 1. The smallest absolute Gasteiger partial charge is 0.231 e. The molecule has 0 saturated carbocycles. The highest BCUT2D eigenvalue weighted by Gasteiger charge is 2.27. The van der Waals surface area contributed by atoms with Crippen molar-refractivity contribution in [2.45, 2.75) is 25.7 Å². The molecule has 1 atom stereocenters. The fraction of sp³-hybridized carbons (Fsp3) is 0.556. The maximum atomic E-state index is 12.3. The Morgan fingerprint density at radius 3 is 2.92 bits per heavy atom. The van der Waals surface area contributed by atoms with E-state index in [0.717, 1.165) is 19.6 Å². The Balaban J connectivity index is 1.46. The Labute approximate surface area is 152 Å². The number of likely N-dealkylation sites (tertiary alicyclic amines) is 1. The van der Waals surface area contributed by atoms with Gasteiger partial charge in [0.25, 0.3) is 0 Å². The zero-order valence-corrected chi connectivity index (χ0v) is 15.0. The number of nitrogens with zero attached hydrogens (tertiary/aromatic N) is 1. The standard InChI is InChI=1S/C18H24ClN3O3/c19-14-4-5-15-16(11-14)25-12-13(18(24)21-15)10-17(23)20-6-9-22-7-2-1-3-8-22/h4-5,11,13H,1-3,6-10,12H2,(H,20,23)(H,21,24). The molecule has 0 bridgehead atoms. The Kier molecular flexibility index (Phi) is 6.15. The maximum Gasteiger partial charge on any atom is 0.231 e. The van der Waals surface area contributed by atoms with Crippen molar-refractivity contribution in [2.75, 3.05) is 38.1 Å². The summed E-state index contributed by atoms with van der Waals surface area (Å²) >= 11 is 5.95. The summed E-state index contributed by atoms with van der Waals surface area (Å²) in [6, 6.07) is 5.06. The lowest BCUT2D eigenvalue weighted by molar-refractivity contribution is -0.128. The number of carbonyl (C=O) groups excluding carboxylic acids is 2. The van der Waals surface area contributed by atoms with Crippen molar-refractivity contribution in [2.24, 2.45) is 5.92 Å². The predicted molar refractivity (Wildman–Crippen MR) is 97.0 cm³/mol. The molecule has 1 saturated heterocycles. The van der Waals surface area contributed by atoms with Crippen LogP contribution in [0.5, 0.6) is 5.75 Å². The second kappa shape index (κ2) is 8.54. The highest BCUT2D eigenvalue weighted by molar-refractivity contribution is 6.30. The fourth-order valence-corrected chi connectivity index (χ4v) is 3.37. The Bertz CT molecular complexity index is 632. The molecule has 1 aromatic carbocycles. The van der Waals surface area contributed by atoms with Crippen molar-refractivity contribution in [3.8, 4) is 5.75 Å². The third-order valence-electron chi connectivity index (χ3n) is 4.64. The summed E-state index contributed by atoms with van der Waals surface area (Å²) in [5, 5.41) is 6.26. The average Bonchev–Trinajstić information content (AvgIpc) is 2.75.